The average Bonchev–Trinajstić information content (AvgIpc) is 3.52. The number of carbonyl (C=O) groups excluding carboxylic acids is 2. The van der Waals surface area contributed by atoms with Crippen molar-refractivity contribution in [3.8, 4) is 11.4 Å². The third-order valence-corrected chi connectivity index (χ3v) is 7.53. The number of nitrogens with zero attached hydrogens (tertiary/aromatic N) is 1. The van der Waals surface area contributed by atoms with E-state index in [0.717, 1.165) is 18.4 Å². The predicted octanol–water partition coefficient (Wildman–Crippen LogP) is 6.66. The van der Waals surface area contributed by atoms with E-state index in [1.165, 1.54) is 11.1 Å². The SMILES string of the molecule is CC1=C(C(=O)OCCCc2ccccc2)C(c2cnc(-c3ccccc3)[nH]2)C(C(=O)OCCCc2ccccc2)=C(C)N1. The summed E-state index contributed by atoms with van der Waals surface area (Å²) in [5.74, 6) is -1.02. The summed E-state index contributed by atoms with van der Waals surface area (Å²) in [6.45, 7) is 4.18. The molecule has 3 aromatic carbocycles. The predicted molar refractivity (Wildman–Crippen MR) is 167 cm³/mol. The summed E-state index contributed by atoms with van der Waals surface area (Å²) in [5, 5.41) is 3.24. The first kappa shape index (κ1) is 29.6. The number of H-pyrrole nitrogens is 1. The molecule has 0 radical (unpaired) electrons. The number of aromatic amines is 1. The number of rotatable bonds is 12. The Morgan fingerprint density at radius 3 is 1.65 bits per heavy atom. The Morgan fingerprint density at radius 1 is 0.698 bits per heavy atom. The molecule has 7 heteroatoms. The molecule has 7 nitrogen and oxygen atoms in total. The second-order valence-electron chi connectivity index (χ2n) is 10.6. The zero-order valence-corrected chi connectivity index (χ0v) is 24.6. The molecule has 2 N–H and O–H groups in total. The van der Waals surface area contributed by atoms with E-state index in [-0.39, 0.29) is 13.2 Å². The second kappa shape index (κ2) is 14.3. The highest BCUT2D eigenvalue weighted by atomic mass is 16.5. The lowest BCUT2D eigenvalue weighted by Crippen LogP contribution is -2.33. The van der Waals surface area contributed by atoms with Gasteiger partial charge in [0.15, 0.2) is 0 Å². The molecule has 0 amide bonds. The first-order valence-corrected chi connectivity index (χ1v) is 14.7. The molecule has 43 heavy (non-hydrogen) atoms. The molecule has 0 saturated heterocycles. The monoisotopic (exact) mass is 575 g/mol. The van der Waals surface area contributed by atoms with Crippen molar-refractivity contribution in [1.82, 2.24) is 15.3 Å². The van der Waals surface area contributed by atoms with Crippen molar-refractivity contribution in [2.75, 3.05) is 13.2 Å². The fraction of sp³-hybridized carbons (Fsp3) is 0.250. The van der Waals surface area contributed by atoms with Gasteiger partial charge >= 0.3 is 11.9 Å². The highest BCUT2D eigenvalue weighted by Crippen LogP contribution is 2.39. The molecule has 1 aliphatic rings. The zero-order chi connectivity index (χ0) is 30.0. The zero-order valence-electron chi connectivity index (χ0n) is 24.6. The molecule has 4 aromatic rings. The number of benzene rings is 3. The Bertz CT molecular complexity index is 1510. The second-order valence-corrected chi connectivity index (χ2v) is 10.6. The number of allylic oxidation sites excluding steroid dienone is 2. The van der Waals surface area contributed by atoms with E-state index in [4.69, 9.17) is 9.47 Å². The molecule has 0 atom stereocenters. The number of hydrogen-bond donors (Lipinski definition) is 2. The summed E-state index contributed by atoms with van der Waals surface area (Å²) in [6.07, 6.45) is 4.66. The van der Waals surface area contributed by atoms with Gasteiger partial charge in [-0.1, -0.05) is 91.0 Å². The third-order valence-electron chi connectivity index (χ3n) is 7.53. The van der Waals surface area contributed by atoms with Crippen LogP contribution in [0.25, 0.3) is 11.4 Å². The van der Waals surface area contributed by atoms with Gasteiger partial charge in [-0.15, -0.1) is 0 Å². The smallest absolute Gasteiger partial charge is 0.336 e. The maximum atomic E-state index is 13.6. The maximum Gasteiger partial charge on any atom is 0.336 e. The summed E-state index contributed by atoms with van der Waals surface area (Å²) < 4.78 is 11.6. The van der Waals surface area contributed by atoms with E-state index in [1.54, 1.807) is 6.20 Å². The number of nitrogens with one attached hydrogen (secondary N) is 2. The fourth-order valence-corrected chi connectivity index (χ4v) is 5.40. The standard InChI is InChI=1S/C36H37N3O4/c1-25-31(35(40)42-22-12-18-27-14-6-3-7-15-27)33(30-24-37-34(39-30)29-20-10-5-11-21-29)32(26(2)38-25)36(41)43-23-13-19-28-16-8-4-9-17-28/h3-11,14-17,20-21,24,33,38H,12-13,18-19,22-23H2,1-2H3,(H,37,39). The average molecular weight is 576 g/mol. The molecule has 0 spiro atoms. The van der Waals surface area contributed by atoms with Gasteiger partial charge in [0.25, 0.3) is 0 Å². The first-order chi connectivity index (χ1) is 21.0. The molecule has 2 heterocycles. The number of ether oxygens (including phenoxy) is 2. The molecule has 220 valence electrons. The molecule has 0 bridgehead atoms. The number of dihydropyridines is 1. The van der Waals surface area contributed by atoms with E-state index in [1.807, 2.05) is 80.6 Å². The Morgan fingerprint density at radius 2 is 1.16 bits per heavy atom. The highest BCUT2D eigenvalue weighted by Gasteiger charge is 2.39. The van der Waals surface area contributed by atoms with Gasteiger partial charge in [0.2, 0.25) is 0 Å². The van der Waals surface area contributed by atoms with E-state index >= 15 is 0 Å². The van der Waals surface area contributed by atoms with Crippen LogP contribution < -0.4 is 5.32 Å². The minimum atomic E-state index is -0.727. The third kappa shape index (κ3) is 7.49. The van der Waals surface area contributed by atoms with Crippen LogP contribution in [0.2, 0.25) is 0 Å². The minimum Gasteiger partial charge on any atom is -0.462 e. The number of carbonyl (C=O) groups is 2. The van der Waals surface area contributed by atoms with E-state index in [2.05, 4.69) is 39.6 Å². The Balaban J connectivity index is 1.35. The Hall–Kier alpha value is -4.91. The largest absolute Gasteiger partial charge is 0.462 e. The molecule has 1 aliphatic heterocycles. The Kier molecular flexibility index (Phi) is 9.85. The van der Waals surface area contributed by atoms with Crippen LogP contribution in [0, 0.1) is 0 Å². The van der Waals surface area contributed by atoms with Gasteiger partial charge in [0, 0.05) is 28.8 Å². The van der Waals surface area contributed by atoms with Crippen molar-refractivity contribution < 1.29 is 19.1 Å². The van der Waals surface area contributed by atoms with Crippen molar-refractivity contribution in [3.63, 3.8) is 0 Å². The maximum absolute atomic E-state index is 13.6. The van der Waals surface area contributed by atoms with Gasteiger partial charge in [-0.2, -0.15) is 0 Å². The number of imidazole rings is 1. The van der Waals surface area contributed by atoms with Crippen LogP contribution in [-0.4, -0.2) is 35.1 Å². The molecule has 0 unspecified atom stereocenters. The summed E-state index contributed by atoms with van der Waals surface area (Å²) in [7, 11) is 0. The molecule has 0 aliphatic carbocycles. The lowest BCUT2D eigenvalue weighted by Gasteiger charge is -2.29. The quantitative estimate of drug-likeness (QED) is 0.145. The number of hydrogen-bond acceptors (Lipinski definition) is 6. The van der Waals surface area contributed by atoms with Gasteiger partial charge in [0.1, 0.15) is 5.82 Å². The number of aryl methyl sites for hydroxylation is 2. The van der Waals surface area contributed by atoms with Crippen molar-refractivity contribution in [1.29, 1.82) is 0 Å². The normalized spacial score (nSPS) is 13.5. The summed E-state index contributed by atoms with van der Waals surface area (Å²) in [6, 6.07) is 29.9. The van der Waals surface area contributed by atoms with Crippen LogP contribution in [0.15, 0.2) is 120 Å². The van der Waals surface area contributed by atoms with Crippen molar-refractivity contribution in [3.05, 3.63) is 137 Å². The summed E-state index contributed by atoms with van der Waals surface area (Å²) >= 11 is 0. The van der Waals surface area contributed by atoms with E-state index in [0.29, 0.717) is 46.9 Å². The lowest BCUT2D eigenvalue weighted by molar-refractivity contribution is -0.140. The lowest BCUT2D eigenvalue weighted by atomic mass is 9.83. The van der Waals surface area contributed by atoms with Gasteiger partial charge in [-0.05, 0) is 50.7 Å². The van der Waals surface area contributed by atoms with Gasteiger partial charge < -0.3 is 19.8 Å². The molecule has 1 aromatic heterocycles. The topological polar surface area (TPSA) is 93.3 Å². The number of aromatic nitrogens is 2. The van der Waals surface area contributed by atoms with Crippen molar-refractivity contribution >= 4 is 11.9 Å². The van der Waals surface area contributed by atoms with Crippen molar-refractivity contribution in [2.45, 2.75) is 45.4 Å². The summed E-state index contributed by atoms with van der Waals surface area (Å²) in [5.41, 5.74) is 5.89. The summed E-state index contributed by atoms with van der Waals surface area (Å²) in [4.78, 5) is 35.2. The van der Waals surface area contributed by atoms with Gasteiger partial charge in [0.05, 0.1) is 30.3 Å². The van der Waals surface area contributed by atoms with E-state index in [9.17, 15) is 9.59 Å². The van der Waals surface area contributed by atoms with Gasteiger partial charge in [-0.25, -0.2) is 14.6 Å². The van der Waals surface area contributed by atoms with E-state index < -0.39 is 17.9 Å². The van der Waals surface area contributed by atoms with Gasteiger partial charge in [-0.3, -0.25) is 0 Å². The minimum absolute atomic E-state index is 0.261. The van der Waals surface area contributed by atoms with Crippen LogP contribution in [0.3, 0.4) is 0 Å². The van der Waals surface area contributed by atoms with Crippen LogP contribution in [-0.2, 0) is 31.9 Å². The molecular formula is C36H37N3O4. The molecule has 5 rings (SSSR count). The number of esters is 2. The van der Waals surface area contributed by atoms with Crippen LogP contribution in [0.1, 0.15) is 49.4 Å². The highest BCUT2D eigenvalue weighted by molar-refractivity contribution is 5.99. The molecule has 0 saturated carbocycles. The molecular weight excluding hydrogens is 538 g/mol. The van der Waals surface area contributed by atoms with Crippen LogP contribution in [0.4, 0.5) is 0 Å². The van der Waals surface area contributed by atoms with Crippen LogP contribution >= 0.6 is 0 Å². The first-order valence-electron chi connectivity index (χ1n) is 14.7. The van der Waals surface area contributed by atoms with Crippen molar-refractivity contribution in [2.24, 2.45) is 0 Å². The fourth-order valence-electron chi connectivity index (χ4n) is 5.40. The Labute approximate surface area is 252 Å². The molecule has 0 fully saturated rings. The van der Waals surface area contributed by atoms with Crippen LogP contribution in [0.5, 0.6) is 0 Å².